The Morgan fingerprint density at radius 2 is 1.59 bits per heavy atom. The lowest BCUT2D eigenvalue weighted by atomic mass is 9.87. The van der Waals surface area contributed by atoms with Crippen LogP contribution in [0.15, 0.2) is 54.6 Å². The van der Waals surface area contributed by atoms with Crippen LogP contribution in [-0.4, -0.2) is 48.9 Å². The van der Waals surface area contributed by atoms with E-state index < -0.39 is 0 Å². The zero-order chi connectivity index (χ0) is 25.5. The number of benzene rings is 3. The monoisotopic (exact) mass is 495 g/mol. The van der Waals surface area contributed by atoms with Crippen LogP contribution >= 0.6 is 0 Å². The summed E-state index contributed by atoms with van der Waals surface area (Å²) in [4.78, 5) is 15.2. The second kappa shape index (κ2) is 9.32. The lowest BCUT2D eigenvalue weighted by molar-refractivity contribution is 0.0734. The molecule has 4 aromatic rings. The number of carbonyl (C=O) groups is 1. The normalized spacial score (nSPS) is 13.9. The van der Waals surface area contributed by atoms with E-state index in [2.05, 4.69) is 22.3 Å². The standard InChI is InChI=1S/C30H29N3O4/c1-35-23-9-11-24-21(14-23)8-10-25-28(31-32-29(24)25)18-4-6-19(7-5-18)30(34)33-13-12-20-15-26(36-2)27(37-3)16-22(20)17-33/h4-7,9,11,14-16H,8,10,12-13,17H2,1-3H3,(H,31,32). The quantitative estimate of drug-likeness (QED) is 0.419. The first kappa shape index (κ1) is 23.2. The fourth-order valence-electron chi connectivity index (χ4n) is 5.49. The highest BCUT2D eigenvalue weighted by Gasteiger charge is 2.25. The fraction of sp³-hybridized carbons (Fsp3) is 0.267. The van der Waals surface area contributed by atoms with Crippen molar-refractivity contribution in [3.63, 3.8) is 0 Å². The van der Waals surface area contributed by atoms with E-state index in [1.165, 1.54) is 22.3 Å². The third kappa shape index (κ3) is 4.00. The van der Waals surface area contributed by atoms with Crippen LogP contribution in [0, 0.1) is 0 Å². The number of H-pyrrole nitrogens is 1. The van der Waals surface area contributed by atoms with Gasteiger partial charge in [0, 0.05) is 35.3 Å². The zero-order valence-electron chi connectivity index (χ0n) is 21.3. The Bertz CT molecular complexity index is 1490. The Kier molecular flexibility index (Phi) is 5.83. The summed E-state index contributed by atoms with van der Waals surface area (Å²) in [5.41, 5.74) is 9.64. The number of ether oxygens (including phenoxy) is 3. The smallest absolute Gasteiger partial charge is 0.254 e. The maximum atomic E-state index is 13.3. The van der Waals surface area contributed by atoms with E-state index in [1.807, 2.05) is 47.4 Å². The van der Waals surface area contributed by atoms with Crippen LogP contribution in [0.5, 0.6) is 17.2 Å². The van der Waals surface area contributed by atoms with Crippen molar-refractivity contribution < 1.29 is 19.0 Å². The third-order valence-corrected chi connectivity index (χ3v) is 7.50. The number of hydrogen-bond donors (Lipinski definition) is 1. The van der Waals surface area contributed by atoms with Crippen LogP contribution < -0.4 is 14.2 Å². The predicted molar refractivity (Wildman–Crippen MR) is 141 cm³/mol. The molecular formula is C30H29N3O4. The molecule has 0 bridgehead atoms. The van der Waals surface area contributed by atoms with Gasteiger partial charge in [0.1, 0.15) is 5.75 Å². The second-order valence-corrected chi connectivity index (χ2v) is 9.48. The predicted octanol–water partition coefficient (Wildman–Crippen LogP) is 5.07. The van der Waals surface area contributed by atoms with Gasteiger partial charge in [0.2, 0.25) is 0 Å². The van der Waals surface area contributed by atoms with Gasteiger partial charge in [-0.05, 0) is 78.4 Å². The van der Waals surface area contributed by atoms with Crippen LogP contribution in [0.3, 0.4) is 0 Å². The highest BCUT2D eigenvalue weighted by Crippen LogP contribution is 2.39. The first-order valence-electron chi connectivity index (χ1n) is 12.5. The Morgan fingerprint density at radius 1 is 0.838 bits per heavy atom. The van der Waals surface area contributed by atoms with Crippen LogP contribution in [0.4, 0.5) is 0 Å². The van der Waals surface area contributed by atoms with Crippen LogP contribution in [-0.2, 0) is 25.8 Å². The Balaban J connectivity index is 1.22. The van der Waals surface area contributed by atoms with Crippen molar-refractivity contribution in [3.05, 3.63) is 82.4 Å². The highest BCUT2D eigenvalue weighted by molar-refractivity contribution is 5.95. The van der Waals surface area contributed by atoms with Crippen molar-refractivity contribution in [1.29, 1.82) is 0 Å². The number of aryl methyl sites for hydroxylation is 1. The van der Waals surface area contributed by atoms with E-state index in [0.29, 0.717) is 24.4 Å². The molecule has 1 aliphatic heterocycles. The molecule has 1 N–H and O–H groups in total. The van der Waals surface area contributed by atoms with E-state index in [9.17, 15) is 4.79 Å². The van der Waals surface area contributed by atoms with Gasteiger partial charge < -0.3 is 19.1 Å². The highest BCUT2D eigenvalue weighted by atomic mass is 16.5. The summed E-state index contributed by atoms with van der Waals surface area (Å²) >= 11 is 0. The molecule has 1 amide bonds. The number of hydrogen-bond acceptors (Lipinski definition) is 5. The minimum absolute atomic E-state index is 0.0268. The molecule has 37 heavy (non-hydrogen) atoms. The van der Waals surface area contributed by atoms with E-state index in [1.54, 1.807) is 21.3 Å². The molecule has 2 heterocycles. The summed E-state index contributed by atoms with van der Waals surface area (Å²) in [5, 5.41) is 7.90. The second-order valence-electron chi connectivity index (χ2n) is 9.48. The lowest BCUT2D eigenvalue weighted by Crippen LogP contribution is -2.36. The summed E-state index contributed by atoms with van der Waals surface area (Å²) < 4.78 is 16.3. The molecule has 3 aromatic carbocycles. The average molecular weight is 496 g/mol. The minimum atomic E-state index is 0.0268. The number of nitrogens with zero attached hydrogens (tertiary/aromatic N) is 2. The molecule has 0 radical (unpaired) electrons. The van der Waals surface area contributed by atoms with Crippen molar-refractivity contribution in [1.82, 2.24) is 15.1 Å². The molecule has 7 heteroatoms. The molecule has 7 nitrogen and oxygen atoms in total. The van der Waals surface area contributed by atoms with Gasteiger partial charge in [-0.1, -0.05) is 12.1 Å². The van der Waals surface area contributed by atoms with Gasteiger partial charge >= 0.3 is 0 Å². The molecule has 0 unspecified atom stereocenters. The van der Waals surface area contributed by atoms with Gasteiger partial charge in [-0.25, -0.2) is 0 Å². The Hall–Kier alpha value is -4.26. The van der Waals surface area contributed by atoms with E-state index in [4.69, 9.17) is 14.2 Å². The summed E-state index contributed by atoms with van der Waals surface area (Å²) in [6.45, 7) is 1.22. The number of amides is 1. The molecule has 0 fully saturated rings. The van der Waals surface area contributed by atoms with Crippen molar-refractivity contribution in [3.8, 4) is 39.8 Å². The number of fused-ring (bicyclic) bond motifs is 4. The van der Waals surface area contributed by atoms with Crippen molar-refractivity contribution in [2.45, 2.75) is 25.8 Å². The van der Waals surface area contributed by atoms with Crippen LogP contribution in [0.1, 0.15) is 32.6 Å². The van der Waals surface area contributed by atoms with E-state index in [0.717, 1.165) is 53.3 Å². The number of methoxy groups -OCH3 is 3. The molecule has 1 aromatic heterocycles. The summed E-state index contributed by atoms with van der Waals surface area (Å²) in [7, 11) is 4.96. The van der Waals surface area contributed by atoms with Crippen molar-refractivity contribution in [2.75, 3.05) is 27.9 Å². The largest absolute Gasteiger partial charge is 0.497 e. The SMILES string of the molecule is COc1ccc2c(c1)CCc1c(-c3ccc(C(=O)N4CCc5cc(OC)c(OC)cc5C4)cc3)n[nH]c1-2. The molecule has 6 rings (SSSR count). The maximum absolute atomic E-state index is 13.3. The van der Waals surface area contributed by atoms with Gasteiger partial charge in [0.05, 0.1) is 32.7 Å². The van der Waals surface area contributed by atoms with Gasteiger partial charge in [-0.3, -0.25) is 9.89 Å². The number of aromatic nitrogens is 2. The van der Waals surface area contributed by atoms with Gasteiger partial charge in [-0.15, -0.1) is 0 Å². The minimum Gasteiger partial charge on any atom is -0.497 e. The van der Waals surface area contributed by atoms with E-state index >= 15 is 0 Å². The van der Waals surface area contributed by atoms with Gasteiger partial charge in [0.15, 0.2) is 11.5 Å². The zero-order valence-corrected chi connectivity index (χ0v) is 21.3. The van der Waals surface area contributed by atoms with Crippen LogP contribution in [0.25, 0.3) is 22.5 Å². The molecule has 2 aliphatic rings. The Morgan fingerprint density at radius 3 is 2.32 bits per heavy atom. The molecule has 188 valence electrons. The summed E-state index contributed by atoms with van der Waals surface area (Å²) in [5.74, 6) is 2.31. The molecule has 0 saturated heterocycles. The number of aromatic amines is 1. The summed E-state index contributed by atoms with van der Waals surface area (Å²) in [6, 6.07) is 18.0. The Labute approximate surface area is 216 Å². The van der Waals surface area contributed by atoms with Crippen molar-refractivity contribution in [2.24, 2.45) is 0 Å². The fourth-order valence-corrected chi connectivity index (χ4v) is 5.49. The maximum Gasteiger partial charge on any atom is 0.254 e. The number of carbonyl (C=O) groups excluding carboxylic acids is 1. The molecule has 0 spiro atoms. The number of nitrogens with one attached hydrogen (secondary N) is 1. The third-order valence-electron chi connectivity index (χ3n) is 7.50. The van der Waals surface area contributed by atoms with E-state index in [-0.39, 0.29) is 5.91 Å². The van der Waals surface area contributed by atoms with Gasteiger partial charge in [-0.2, -0.15) is 5.10 Å². The molecular weight excluding hydrogens is 466 g/mol. The summed E-state index contributed by atoms with van der Waals surface area (Å²) in [6.07, 6.45) is 2.63. The van der Waals surface area contributed by atoms with Crippen LogP contribution in [0.2, 0.25) is 0 Å². The molecule has 1 aliphatic carbocycles. The average Bonchev–Trinajstić information content (AvgIpc) is 3.40. The first-order chi connectivity index (χ1) is 18.1. The van der Waals surface area contributed by atoms with Gasteiger partial charge in [0.25, 0.3) is 5.91 Å². The van der Waals surface area contributed by atoms with Crippen molar-refractivity contribution >= 4 is 5.91 Å². The molecule has 0 saturated carbocycles. The number of rotatable bonds is 5. The molecule has 0 atom stereocenters. The topological polar surface area (TPSA) is 76.7 Å². The first-order valence-corrected chi connectivity index (χ1v) is 12.5. The lowest BCUT2D eigenvalue weighted by Gasteiger charge is -2.29.